The van der Waals surface area contributed by atoms with Crippen molar-refractivity contribution in [3.63, 3.8) is 0 Å². The molecule has 36 heavy (non-hydrogen) atoms. The van der Waals surface area contributed by atoms with Crippen LogP contribution in [0, 0.1) is 11.3 Å². The van der Waals surface area contributed by atoms with Crippen molar-refractivity contribution in [3.8, 4) is 0 Å². The van der Waals surface area contributed by atoms with Crippen LogP contribution in [0.15, 0.2) is 18.2 Å². The number of unbranched alkanes of at least 4 members (excludes halogenated alkanes) is 3. The van der Waals surface area contributed by atoms with Gasteiger partial charge in [0.25, 0.3) is 11.8 Å². The predicted octanol–water partition coefficient (Wildman–Crippen LogP) is 2.76. The first-order valence-corrected chi connectivity index (χ1v) is 13.2. The molecule has 9 heteroatoms. The number of anilines is 1. The lowest BCUT2D eigenvalue weighted by Gasteiger charge is -2.53. The SMILES string of the molecule is O=C1CCC(N2C(=O)c3cccc(NCCCCCCNC(=O)C4CC5(CCC5)C4)c3C2=O)C(=O)N1. The summed E-state index contributed by atoms with van der Waals surface area (Å²) >= 11 is 0. The van der Waals surface area contributed by atoms with Crippen LogP contribution in [0.3, 0.4) is 0 Å². The predicted molar refractivity (Wildman–Crippen MR) is 132 cm³/mol. The topological polar surface area (TPSA) is 125 Å². The Morgan fingerprint density at radius 3 is 2.44 bits per heavy atom. The Bertz CT molecular complexity index is 1090. The molecule has 0 aromatic heterocycles. The third-order valence-electron chi connectivity index (χ3n) is 8.33. The second-order valence-electron chi connectivity index (χ2n) is 10.8. The molecule has 0 radical (unpaired) electrons. The highest BCUT2D eigenvalue weighted by atomic mass is 16.2. The number of carbonyl (C=O) groups is 5. The summed E-state index contributed by atoms with van der Waals surface area (Å²) in [4.78, 5) is 62.9. The van der Waals surface area contributed by atoms with Crippen molar-refractivity contribution in [2.24, 2.45) is 11.3 Å². The van der Waals surface area contributed by atoms with Crippen molar-refractivity contribution in [3.05, 3.63) is 29.3 Å². The molecule has 1 aromatic rings. The molecule has 5 rings (SSSR count). The average Bonchev–Trinajstić information content (AvgIpc) is 3.04. The fourth-order valence-corrected chi connectivity index (χ4v) is 6.10. The molecule has 0 bridgehead atoms. The molecule has 1 atom stereocenters. The number of benzene rings is 1. The Hall–Kier alpha value is -3.23. The minimum absolute atomic E-state index is 0.0971. The highest BCUT2D eigenvalue weighted by Gasteiger charge is 2.50. The van der Waals surface area contributed by atoms with Gasteiger partial charge in [0.15, 0.2) is 0 Å². The molecule has 192 valence electrons. The summed E-state index contributed by atoms with van der Waals surface area (Å²) in [5.41, 5.74) is 1.67. The molecule has 1 aromatic carbocycles. The quantitative estimate of drug-likeness (QED) is 0.339. The van der Waals surface area contributed by atoms with E-state index in [1.807, 2.05) is 0 Å². The molecule has 2 heterocycles. The Kier molecular flexibility index (Phi) is 6.81. The molecule has 3 N–H and O–H groups in total. The Morgan fingerprint density at radius 1 is 1.00 bits per heavy atom. The summed E-state index contributed by atoms with van der Waals surface area (Å²) in [5, 5.41) is 8.57. The third-order valence-corrected chi connectivity index (χ3v) is 8.33. The minimum Gasteiger partial charge on any atom is -0.384 e. The van der Waals surface area contributed by atoms with Crippen LogP contribution in [0.5, 0.6) is 0 Å². The molecular weight excluding hydrogens is 460 g/mol. The van der Waals surface area contributed by atoms with E-state index in [9.17, 15) is 24.0 Å². The van der Waals surface area contributed by atoms with Gasteiger partial charge in [0.05, 0.1) is 11.1 Å². The molecule has 2 saturated carbocycles. The summed E-state index contributed by atoms with van der Waals surface area (Å²) in [7, 11) is 0. The van der Waals surface area contributed by atoms with Gasteiger partial charge in [-0.05, 0) is 62.5 Å². The van der Waals surface area contributed by atoms with Crippen molar-refractivity contribution >= 4 is 35.2 Å². The number of nitrogens with zero attached hydrogens (tertiary/aromatic N) is 1. The van der Waals surface area contributed by atoms with Crippen molar-refractivity contribution in [1.29, 1.82) is 0 Å². The van der Waals surface area contributed by atoms with Crippen LogP contribution in [-0.2, 0) is 14.4 Å². The van der Waals surface area contributed by atoms with Crippen LogP contribution >= 0.6 is 0 Å². The van der Waals surface area contributed by atoms with Gasteiger partial charge in [0.1, 0.15) is 6.04 Å². The van der Waals surface area contributed by atoms with Gasteiger partial charge < -0.3 is 10.6 Å². The van der Waals surface area contributed by atoms with Crippen molar-refractivity contribution < 1.29 is 24.0 Å². The highest BCUT2D eigenvalue weighted by Crippen LogP contribution is 2.58. The number of hydrogen-bond donors (Lipinski definition) is 3. The molecule has 4 aliphatic rings. The maximum absolute atomic E-state index is 13.1. The first kappa shape index (κ1) is 24.5. The zero-order valence-electron chi connectivity index (χ0n) is 20.6. The number of hydrogen-bond acceptors (Lipinski definition) is 6. The zero-order chi connectivity index (χ0) is 25.3. The molecule has 5 amide bonds. The van der Waals surface area contributed by atoms with E-state index in [0.717, 1.165) is 50.0 Å². The monoisotopic (exact) mass is 494 g/mol. The van der Waals surface area contributed by atoms with E-state index in [2.05, 4.69) is 16.0 Å². The second kappa shape index (κ2) is 10.0. The first-order valence-electron chi connectivity index (χ1n) is 13.2. The summed E-state index contributed by atoms with van der Waals surface area (Å²) in [6.45, 7) is 1.36. The van der Waals surface area contributed by atoms with E-state index in [0.29, 0.717) is 17.6 Å². The van der Waals surface area contributed by atoms with Crippen LogP contribution in [0.1, 0.15) is 91.3 Å². The number of piperidine rings is 1. The van der Waals surface area contributed by atoms with Gasteiger partial charge >= 0.3 is 0 Å². The fraction of sp³-hybridized carbons (Fsp3) is 0.593. The maximum Gasteiger partial charge on any atom is 0.264 e. The molecular formula is C27H34N4O5. The Labute approximate surface area is 210 Å². The molecule has 2 aliphatic heterocycles. The number of rotatable bonds is 10. The number of imide groups is 2. The Balaban J connectivity index is 1.03. The van der Waals surface area contributed by atoms with Gasteiger partial charge in [-0.3, -0.25) is 34.2 Å². The minimum atomic E-state index is -0.966. The molecule has 2 aliphatic carbocycles. The summed E-state index contributed by atoms with van der Waals surface area (Å²) in [5.74, 6) is -1.56. The van der Waals surface area contributed by atoms with Crippen molar-refractivity contribution in [2.45, 2.75) is 76.7 Å². The summed E-state index contributed by atoms with van der Waals surface area (Å²) < 4.78 is 0. The van der Waals surface area contributed by atoms with Gasteiger partial charge in [-0.2, -0.15) is 0 Å². The Morgan fingerprint density at radius 2 is 1.75 bits per heavy atom. The van der Waals surface area contributed by atoms with E-state index in [1.54, 1.807) is 18.2 Å². The van der Waals surface area contributed by atoms with Crippen LogP contribution in [0.25, 0.3) is 0 Å². The number of carbonyl (C=O) groups excluding carboxylic acids is 5. The second-order valence-corrected chi connectivity index (χ2v) is 10.8. The van der Waals surface area contributed by atoms with E-state index in [4.69, 9.17) is 0 Å². The first-order chi connectivity index (χ1) is 17.4. The van der Waals surface area contributed by atoms with E-state index >= 15 is 0 Å². The molecule has 1 saturated heterocycles. The lowest BCUT2D eigenvalue weighted by molar-refractivity contribution is -0.137. The van der Waals surface area contributed by atoms with E-state index < -0.39 is 29.7 Å². The largest absolute Gasteiger partial charge is 0.384 e. The molecule has 3 fully saturated rings. The summed E-state index contributed by atoms with van der Waals surface area (Å²) in [6, 6.07) is 4.11. The van der Waals surface area contributed by atoms with Crippen LogP contribution in [0.4, 0.5) is 5.69 Å². The van der Waals surface area contributed by atoms with E-state index in [-0.39, 0.29) is 35.8 Å². The smallest absolute Gasteiger partial charge is 0.264 e. The number of nitrogens with one attached hydrogen (secondary N) is 3. The van der Waals surface area contributed by atoms with E-state index in [1.165, 1.54) is 19.3 Å². The molecule has 1 unspecified atom stereocenters. The fourth-order valence-electron chi connectivity index (χ4n) is 6.10. The molecule has 1 spiro atoms. The molecule has 9 nitrogen and oxygen atoms in total. The number of fused-ring (bicyclic) bond motifs is 1. The van der Waals surface area contributed by atoms with Crippen LogP contribution in [-0.4, -0.2) is 53.6 Å². The van der Waals surface area contributed by atoms with Gasteiger partial charge in [-0.1, -0.05) is 25.3 Å². The summed E-state index contributed by atoms with van der Waals surface area (Å²) in [6.07, 6.45) is 10.1. The normalized spacial score (nSPS) is 22.7. The van der Waals surface area contributed by atoms with Crippen LogP contribution in [0.2, 0.25) is 0 Å². The third kappa shape index (κ3) is 4.63. The highest BCUT2D eigenvalue weighted by molar-refractivity contribution is 6.25. The average molecular weight is 495 g/mol. The van der Waals surface area contributed by atoms with Gasteiger partial charge in [0, 0.05) is 31.1 Å². The lowest BCUT2D eigenvalue weighted by atomic mass is 9.51. The lowest BCUT2D eigenvalue weighted by Crippen LogP contribution is -2.54. The van der Waals surface area contributed by atoms with Crippen molar-refractivity contribution in [1.82, 2.24) is 15.5 Å². The van der Waals surface area contributed by atoms with Crippen molar-refractivity contribution in [2.75, 3.05) is 18.4 Å². The van der Waals surface area contributed by atoms with Gasteiger partial charge in [0.2, 0.25) is 17.7 Å². The van der Waals surface area contributed by atoms with Gasteiger partial charge in [-0.25, -0.2) is 0 Å². The number of amides is 5. The van der Waals surface area contributed by atoms with Crippen LogP contribution < -0.4 is 16.0 Å². The van der Waals surface area contributed by atoms with Gasteiger partial charge in [-0.15, -0.1) is 0 Å². The zero-order valence-corrected chi connectivity index (χ0v) is 20.6. The standard InChI is InChI=1S/C27H34N4O5/c32-21-10-9-20(24(34)30-21)31-25(35)18-7-5-8-19(22(18)26(31)36)28-13-3-1-2-4-14-29-23(33)17-15-27(16-17)11-6-12-27/h5,7-8,17,20,28H,1-4,6,9-16H2,(H,29,33)(H,30,32,34). The maximum atomic E-state index is 13.1.